The molecule has 1 aromatic heterocycles. The van der Waals surface area contributed by atoms with Gasteiger partial charge >= 0.3 is 0 Å². The summed E-state index contributed by atoms with van der Waals surface area (Å²) < 4.78 is 5.32. The number of hydrogen-bond donors (Lipinski definition) is 1. The van der Waals surface area contributed by atoms with Crippen LogP contribution in [0.5, 0.6) is 0 Å². The molecule has 27 heavy (non-hydrogen) atoms. The van der Waals surface area contributed by atoms with E-state index in [1.54, 1.807) is 0 Å². The zero-order chi connectivity index (χ0) is 18.8. The SMILES string of the molecule is O=C(Cc1c[nH]c2ccc(Cl)cc12)N1CCC(C(=O)N2CCOCC2)CC1. The van der Waals surface area contributed by atoms with Crippen LogP contribution in [-0.4, -0.2) is 66.0 Å². The Bertz CT molecular complexity index is 836. The van der Waals surface area contributed by atoms with Gasteiger partial charge in [0.05, 0.1) is 19.6 Å². The number of carbonyl (C=O) groups excluding carboxylic acids is 2. The number of rotatable bonds is 3. The van der Waals surface area contributed by atoms with Crippen LogP contribution >= 0.6 is 11.6 Å². The fourth-order valence-electron chi connectivity index (χ4n) is 3.99. The van der Waals surface area contributed by atoms with Crippen LogP contribution in [0.4, 0.5) is 0 Å². The van der Waals surface area contributed by atoms with Crippen molar-refractivity contribution in [1.29, 1.82) is 0 Å². The fraction of sp³-hybridized carbons (Fsp3) is 0.500. The highest BCUT2D eigenvalue weighted by atomic mass is 35.5. The molecule has 1 N–H and O–H groups in total. The lowest BCUT2D eigenvalue weighted by molar-refractivity contribution is -0.143. The molecule has 0 atom stereocenters. The minimum Gasteiger partial charge on any atom is -0.378 e. The molecule has 0 saturated carbocycles. The maximum Gasteiger partial charge on any atom is 0.227 e. The molecule has 2 saturated heterocycles. The van der Waals surface area contributed by atoms with Crippen LogP contribution in [0.15, 0.2) is 24.4 Å². The van der Waals surface area contributed by atoms with Crippen molar-refractivity contribution in [2.45, 2.75) is 19.3 Å². The Morgan fingerprint density at radius 2 is 1.85 bits per heavy atom. The summed E-state index contributed by atoms with van der Waals surface area (Å²) >= 11 is 6.09. The van der Waals surface area contributed by atoms with E-state index in [2.05, 4.69) is 4.98 Å². The van der Waals surface area contributed by atoms with Gasteiger partial charge in [0.25, 0.3) is 0 Å². The summed E-state index contributed by atoms with van der Waals surface area (Å²) in [5, 5.41) is 1.66. The van der Waals surface area contributed by atoms with Crippen LogP contribution in [0, 0.1) is 5.92 Å². The molecule has 0 radical (unpaired) electrons. The van der Waals surface area contributed by atoms with Crippen molar-refractivity contribution in [2.75, 3.05) is 39.4 Å². The molecule has 2 aliphatic rings. The molecule has 2 fully saturated rings. The predicted octanol–water partition coefficient (Wildman–Crippen LogP) is 2.46. The molecule has 0 bridgehead atoms. The monoisotopic (exact) mass is 389 g/mol. The average Bonchev–Trinajstić information content (AvgIpc) is 3.10. The van der Waals surface area contributed by atoms with Gasteiger partial charge in [-0.15, -0.1) is 0 Å². The van der Waals surface area contributed by atoms with Crippen molar-refractivity contribution in [2.24, 2.45) is 5.92 Å². The molecule has 0 unspecified atom stereocenters. The number of halogens is 1. The second-order valence-corrected chi connectivity index (χ2v) is 7.71. The van der Waals surface area contributed by atoms with Gasteiger partial charge in [0.1, 0.15) is 0 Å². The number of nitrogens with one attached hydrogen (secondary N) is 1. The summed E-state index contributed by atoms with van der Waals surface area (Å²) in [7, 11) is 0. The molecule has 3 heterocycles. The van der Waals surface area contributed by atoms with Crippen LogP contribution < -0.4 is 0 Å². The molecule has 1 aromatic carbocycles. The van der Waals surface area contributed by atoms with E-state index in [9.17, 15) is 9.59 Å². The highest BCUT2D eigenvalue weighted by Crippen LogP contribution is 2.25. The van der Waals surface area contributed by atoms with Crippen LogP contribution in [0.25, 0.3) is 10.9 Å². The minimum atomic E-state index is 0.0269. The standard InChI is InChI=1S/C20H24ClN3O3/c21-16-1-2-18-17(12-16)15(13-22-18)11-19(25)23-5-3-14(4-6-23)20(26)24-7-9-27-10-8-24/h1-2,12-14,22H,3-11H2. The van der Waals surface area contributed by atoms with Crippen molar-refractivity contribution in [3.8, 4) is 0 Å². The highest BCUT2D eigenvalue weighted by Gasteiger charge is 2.31. The van der Waals surface area contributed by atoms with E-state index >= 15 is 0 Å². The average molecular weight is 390 g/mol. The van der Waals surface area contributed by atoms with Crippen LogP contribution in [0.1, 0.15) is 18.4 Å². The molecule has 2 amide bonds. The molecular weight excluding hydrogens is 366 g/mol. The van der Waals surface area contributed by atoms with E-state index in [4.69, 9.17) is 16.3 Å². The largest absolute Gasteiger partial charge is 0.378 e. The Morgan fingerprint density at radius 1 is 1.11 bits per heavy atom. The Balaban J connectivity index is 1.34. The number of ether oxygens (including phenoxy) is 1. The van der Waals surface area contributed by atoms with Gasteiger partial charge < -0.3 is 19.5 Å². The lowest BCUT2D eigenvalue weighted by Gasteiger charge is -2.35. The van der Waals surface area contributed by atoms with Crippen LogP contribution in [-0.2, 0) is 20.7 Å². The summed E-state index contributed by atoms with van der Waals surface area (Å²) in [5.74, 6) is 0.351. The van der Waals surface area contributed by atoms with Gasteiger partial charge in [0, 0.05) is 54.2 Å². The van der Waals surface area contributed by atoms with Crippen molar-refractivity contribution in [1.82, 2.24) is 14.8 Å². The predicted molar refractivity (Wildman–Crippen MR) is 104 cm³/mol. The molecule has 144 valence electrons. The van der Waals surface area contributed by atoms with E-state index in [0.717, 1.165) is 29.3 Å². The van der Waals surface area contributed by atoms with Crippen molar-refractivity contribution >= 4 is 34.3 Å². The fourth-order valence-corrected chi connectivity index (χ4v) is 4.16. The maximum absolute atomic E-state index is 12.7. The van der Waals surface area contributed by atoms with Crippen molar-refractivity contribution in [3.63, 3.8) is 0 Å². The van der Waals surface area contributed by atoms with Gasteiger partial charge in [-0.2, -0.15) is 0 Å². The molecule has 2 aliphatic heterocycles. The molecule has 7 heteroatoms. The Hall–Kier alpha value is -2.05. The van der Waals surface area contributed by atoms with Gasteiger partial charge in [-0.3, -0.25) is 9.59 Å². The Kier molecular flexibility index (Phi) is 5.36. The van der Waals surface area contributed by atoms with E-state index < -0.39 is 0 Å². The summed E-state index contributed by atoms with van der Waals surface area (Å²) in [4.78, 5) is 32.3. The first-order valence-corrected chi connectivity index (χ1v) is 9.89. The van der Waals surface area contributed by atoms with Crippen LogP contribution in [0.3, 0.4) is 0 Å². The summed E-state index contributed by atoms with van der Waals surface area (Å²) in [6.45, 7) is 3.89. The number of likely N-dealkylation sites (tertiary alicyclic amines) is 1. The summed E-state index contributed by atoms with van der Waals surface area (Å²) in [6.07, 6.45) is 3.71. The summed E-state index contributed by atoms with van der Waals surface area (Å²) in [5.41, 5.74) is 1.95. The smallest absolute Gasteiger partial charge is 0.227 e. The quantitative estimate of drug-likeness (QED) is 0.876. The first kappa shape index (κ1) is 18.3. The number of amides is 2. The van der Waals surface area contributed by atoms with Crippen LogP contribution in [0.2, 0.25) is 5.02 Å². The van der Waals surface area contributed by atoms with E-state index in [0.29, 0.717) is 50.8 Å². The van der Waals surface area contributed by atoms with E-state index in [-0.39, 0.29) is 17.7 Å². The van der Waals surface area contributed by atoms with Crippen molar-refractivity contribution in [3.05, 3.63) is 35.0 Å². The maximum atomic E-state index is 12.7. The number of piperidine rings is 1. The Morgan fingerprint density at radius 3 is 2.59 bits per heavy atom. The zero-order valence-electron chi connectivity index (χ0n) is 15.2. The molecule has 0 aliphatic carbocycles. The third-order valence-corrected chi connectivity index (χ3v) is 5.83. The molecule has 4 rings (SSSR count). The molecule has 6 nitrogen and oxygen atoms in total. The first-order chi connectivity index (χ1) is 13.1. The third-order valence-electron chi connectivity index (χ3n) is 5.59. The van der Waals surface area contributed by atoms with Gasteiger partial charge in [-0.25, -0.2) is 0 Å². The Labute approximate surface area is 163 Å². The number of carbonyl (C=O) groups is 2. The lowest BCUT2D eigenvalue weighted by Crippen LogP contribution is -2.47. The van der Waals surface area contributed by atoms with Gasteiger partial charge in [0.2, 0.25) is 11.8 Å². The van der Waals surface area contributed by atoms with Gasteiger partial charge in [-0.1, -0.05) is 11.6 Å². The third kappa shape index (κ3) is 3.96. The van der Waals surface area contributed by atoms with E-state index in [1.807, 2.05) is 34.2 Å². The van der Waals surface area contributed by atoms with Crippen molar-refractivity contribution < 1.29 is 14.3 Å². The number of aromatic nitrogens is 1. The highest BCUT2D eigenvalue weighted by molar-refractivity contribution is 6.31. The number of benzene rings is 1. The first-order valence-electron chi connectivity index (χ1n) is 9.51. The number of hydrogen-bond acceptors (Lipinski definition) is 3. The molecule has 0 spiro atoms. The van der Waals surface area contributed by atoms with E-state index in [1.165, 1.54) is 0 Å². The second-order valence-electron chi connectivity index (χ2n) is 7.27. The second kappa shape index (κ2) is 7.90. The topological polar surface area (TPSA) is 65.6 Å². The minimum absolute atomic E-state index is 0.0269. The van der Waals surface area contributed by atoms with Gasteiger partial charge in [0.15, 0.2) is 0 Å². The molecule has 2 aromatic rings. The number of nitrogens with zero attached hydrogens (tertiary/aromatic N) is 2. The van der Waals surface area contributed by atoms with Gasteiger partial charge in [-0.05, 0) is 36.6 Å². The normalized spacial score (nSPS) is 18.9. The molecular formula is C20H24ClN3O3. The number of morpholine rings is 1. The zero-order valence-corrected chi connectivity index (χ0v) is 16.0. The number of aromatic amines is 1. The summed E-state index contributed by atoms with van der Waals surface area (Å²) in [6, 6.07) is 5.65. The lowest BCUT2D eigenvalue weighted by atomic mass is 9.94. The number of fused-ring (bicyclic) bond motifs is 1. The number of H-pyrrole nitrogens is 1.